The fraction of sp³-hybridized carbons (Fsp3) is 0.364. The van der Waals surface area contributed by atoms with E-state index in [0.717, 1.165) is 0 Å². The Labute approximate surface area is 194 Å². The van der Waals surface area contributed by atoms with Crippen molar-refractivity contribution in [3.63, 3.8) is 0 Å². The summed E-state index contributed by atoms with van der Waals surface area (Å²) in [6.07, 6.45) is -0.0771. The van der Waals surface area contributed by atoms with Crippen molar-refractivity contribution in [2.24, 2.45) is 0 Å². The van der Waals surface area contributed by atoms with Crippen LogP contribution in [0.2, 0.25) is 5.02 Å². The number of benzene rings is 2. The zero-order valence-corrected chi connectivity index (χ0v) is 19.0. The van der Waals surface area contributed by atoms with Crippen LogP contribution in [0.3, 0.4) is 0 Å². The van der Waals surface area contributed by atoms with Crippen molar-refractivity contribution in [3.05, 3.63) is 57.4 Å². The third-order valence-electron chi connectivity index (χ3n) is 4.83. The molecule has 0 bridgehead atoms. The Morgan fingerprint density at radius 1 is 1.21 bits per heavy atom. The lowest BCUT2D eigenvalue weighted by atomic mass is 10.1. The van der Waals surface area contributed by atoms with E-state index in [9.17, 15) is 24.1 Å². The molecular weight excluding hydrogens is 457 g/mol. The van der Waals surface area contributed by atoms with Gasteiger partial charge in [0.2, 0.25) is 0 Å². The van der Waals surface area contributed by atoms with Gasteiger partial charge in [0.15, 0.2) is 11.6 Å². The first-order valence-corrected chi connectivity index (χ1v) is 10.5. The van der Waals surface area contributed by atoms with Gasteiger partial charge < -0.3 is 19.2 Å². The minimum Gasteiger partial charge on any atom is -0.453 e. The summed E-state index contributed by atoms with van der Waals surface area (Å²) in [7, 11) is 0. The number of aldehydes is 1. The second kappa shape index (κ2) is 9.62. The molecule has 2 aromatic rings. The number of piperazine rings is 1. The highest BCUT2D eigenvalue weighted by Gasteiger charge is 2.36. The number of anilines is 1. The van der Waals surface area contributed by atoms with Crippen LogP contribution in [0.15, 0.2) is 36.4 Å². The number of nitro benzene ring substituents is 1. The van der Waals surface area contributed by atoms with E-state index < -0.39 is 28.5 Å². The first kappa shape index (κ1) is 24.2. The third-order valence-corrected chi connectivity index (χ3v) is 5.20. The van der Waals surface area contributed by atoms with Gasteiger partial charge >= 0.3 is 6.09 Å². The molecule has 1 atom stereocenters. The van der Waals surface area contributed by atoms with Crippen molar-refractivity contribution in [3.8, 4) is 11.5 Å². The van der Waals surface area contributed by atoms with Crippen molar-refractivity contribution in [1.29, 1.82) is 0 Å². The lowest BCUT2D eigenvalue weighted by molar-refractivity contribution is -0.384. The van der Waals surface area contributed by atoms with Gasteiger partial charge in [-0.25, -0.2) is 9.18 Å². The van der Waals surface area contributed by atoms with Gasteiger partial charge in [-0.1, -0.05) is 23.7 Å². The number of carbonyl (C=O) groups is 2. The average molecular weight is 480 g/mol. The maximum Gasteiger partial charge on any atom is 0.411 e. The largest absolute Gasteiger partial charge is 0.453 e. The minimum atomic E-state index is -0.916. The lowest BCUT2D eigenvalue weighted by Crippen LogP contribution is -2.57. The number of para-hydroxylation sites is 1. The highest BCUT2D eigenvalue weighted by molar-refractivity contribution is 6.35. The first-order chi connectivity index (χ1) is 15.5. The standard InChI is InChI=1S/C22H23ClFN3O6/c1-22(2,3)33-21(29)26-11-10-25(12-14(26)13-28)20-16(27(30)31)8-9-18(19(20)23)32-17-7-5-4-6-15(17)24/h4-9,13-14H,10-12H2,1-3H3/t14-/m1/s1. The summed E-state index contributed by atoms with van der Waals surface area (Å²) in [5.74, 6) is -0.709. The number of halogens is 2. The molecule has 33 heavy (non-hydrogen) atoms. The molecular formula is C22H23ClFN3O6. The van der Waals surface area contributed by atoms with Crippen LogP contribution in [0.4, 0.5) is 20.6 Å². The fourth-order valence-electron chi connectivity index (χ4n) is 3.39. The van der Waals surface area contributed by atoms with E-state index in [1.165, 1.54) is 40.1 Å². The summed E-state index contributed by atoms with van der Waals surface area (Å²) >= 11 is 6.48. The van der Waals surface area contributed by atoms with Crippen LogP contribution >= 0.6 is 11.6 Å². The van der Waals surface area contributed by atoms with Crippen LogP contribution in [0.1, 0.15) is 20.8 Å². The van der Waals surface area contributed by atoms with Gasteiger partial charge in [0, 0.05) is 25.7 Å². The van der Waals surface area contributed by atoms with Crippen LogP contribution < -0.4 is 9.64 Å². The Balaban J connectivity index is 1.93. The van der Waals surface area contributed by atoms with Gasteiger partial charge in [-0.2, -0.15) is 0 Å². The smallest absolute Gasteiger partial charge is 0.411 e. The fourth-order valence-corrected chi connectivity index (χ4v) is 3.70. The van der Waals surface area contributed by atoms with E-state index >= 15 is 0 Å². The van der Waals surface area contributed by atoms with Crippen LogP contribution in [0.5, 0.6) is 11.5 Å². The predicted molar refractivity (Wildman–Crippen MR) is 120 cm³/mol. The second-order valence-corrected chi connectivity index (χ2v) is 8.74. The summed E-state index contributed by atoms with van der Waals surface area (Å²) in [5, 5.41) is 11.6. The number of ether oxygens (including phenoxy) is 2. The number of hydrogen-bond donors (Lipinski definition) is 0. The summed E-state index contributed by atoms with van der Waals surface area (Å²) in [5.41, 5.74) is -1.04. The molecule has 176 valence electrons. The summed E-state index contributed by atoms with van der Waals surface area (Å²) in [4.78, 5) is 38.1. The normalized spacial score (nSPS) is 16.3. The lowest BCUT2D eigenvalue weighted by Gasteiger charge is -2.40. The van der Waals surface area contributed by atoms with Gasteiger partial charge in [-0.3, -0.25) is 15.0 Å². The average Bonchev–Trinajstić information content (AvgIpc) is 2.74. The summed E-state index contributed by atoms with van der Waals surface area (Å²) < 4.78 is 24.9. The molecule has 0 saturated carbocycles. The van der Waals surface area contributed by atoms with Crippen LogP contribution in [-0.2, 0) is 9.53 Å². The third kappa shape index (κ3) is 5.51. The van der Waals surface area contributed by atoms with Gasteiger partial charge in [-0.05, 0) is 39.0 Å². The number of amides is 1. The zero-order valence-electron chi connectivity index (χ0n) is 18.3. The van der Waals surface area contributed by atoms with E-state index in [1.54, 1.807) is 26.8 Å². The Bertz CT molecular complexity index is 1070. The molecule has 0 N–H and O–H groups in total. The molecule has 1 aliphatic rings. The molecule has 3 rings (SSSR count). The topological polar surface area (TPSA) is 102 Å². The molecule has 1 saturated heterocycles. The van der Waals surface area contributed by atoms with Crippen molar-refractivity contribution in [1.82, 2.24) is 4.90 Å². The van der Waals surface area contributed by atoms with Crippen LogP contribution in [0, 0.1) is 15.9 Å². The Morgan fingerprint density at radius 3 is 2.52 bits per heavy atom. The number of nitro groups is 1. The van der Waals surface area contributed by atoms with E-state index in [2.05, 4.69) is 0 Å². The number of nitrogens with zero attached hydrogens (tertiary/aromatic N) is 3. The molecule has 2 aromatic carbocycles. The molecule has 9 nitrogen and oxygen atoms in total. The Kier molecular flexibility index (Phi) is 7.06. The van der Waals surface area contributed by atoms with E-state index in [1.807, 2.05) is 0 Å². The van der Waals surface area contributed by atoms with Crippen molar-refractivity contribution in [2.45, 2.75) is 32.4 Å². The molecule has 0 aromatic heterocycles. The molecule has 1 fully saturated rings. The van der Waals surface area contributed by atoms with Crippen molar-refractivity contribution >= 4 is 35.4 Å². The molecule has 1 aliphatic heterocycles. The Hall–Kier alpha value is -3.40. The number of carbonyl (C=O) groups excluding carboxylic acids is 2. The molecule has 0 radical (unpaired) electrons. The van der Waals surface area contributed by atoms with Crippen LogP contribution in [0.25, 0.3) is 0 Å². The molecule has 0 spiro atoms. The maximum atomic E-state index is 14.0. The number of rotatable bonds is 5. The number of hydrogen-bond acceptors (Lipinski definition) is 7. The highest BCUT2D eigenvalue weighted by atomic mass is 35.5. The van der Waals surface area contributed by atoms with Gasteiger partial charge in [-0.15, -0.1) is 0 Å². The van der Waals surface area contributed by atoms with Crippen LogP contribution in [-0.4, -0.2) is 53.5 Å². The zero-order chi connectivity index (χ0) is 24.3. The highest BCUT2D eigenvalue weighted by Crippen LogP contribution is 2.44. The quantitative estimate of drug-likeness (QED) is 0.344. The molecule has 0 aliphatic carbocycles. The SMILES string of the molecule is CC(C)(C)OC(=O)N1CCN(c2c([N+](=O)[O-])ccc(Oc3ccccc3F)c2Cl)C[C@@H]1C=O. The Morgan fingerprint density at radius 2 is 1.91 bits per heavy atom. The van der Waals surface area contributed by atoms with Crippen molar-refractivity contribution < 1.29 is 28.4 Å². The molecule has 1 heterocycles. The second-order valence-electron chi connectivity index (χ2n) is 8.36. The van der Waals surface area contributed by atoms with Gasteiger partial charge in [0.05, 0.1) is 4.92 Å². The van der Waals surface area contributed by atoms with E-state index in [0.29, 0.717) is 6.29 Å². The minimum absolute atomic E-state index is 0.0135. The monoisotopic (exact) mass is 479 g/mol. The van der Waals surface area contributed by atoms with Gasteiger partial charge in [0.1, 0.15) is 34.4 Å². The van der Waals surface area contributed by atoms with E-state index in [4.69, 9.17) is 21.1 Å². The molecule has 1 amide bonds. The van der Waals surface area contributed by atoms with Crippen molar-refractivity contribution in [2.75, 3.05) is 24.5 Å². The predicted octanol–water partition coefficient (Wildman–Crippen LogP) is 4.80. The first-order valence-electron chi connectivity index (χ1n) is 10.1. The van der Waals surface area contributed by atoms with E-state index in [-0.39, 0.29) is 47.5 Å². The molecule has 11 heteroatoms. The summed E-state index contributed by atoms with van der Waals surface area (Å²) in [6.45, 7) is 5.30. The van der Waals surface area contributed by atoms with Gasteiger partial charge in [0.25, 0.3) is 5.69 Å². The molecule has 0 unspecified atom stereocenters. The summed E-state index contributed by atoms with van der Waals surface area (Å²) in [6, 6.07) is 7.24. The maximum absolute atomic E-state index is 14.0.